The average molecular weight is 254 g/mol. The third-order valence-corrected chi connectivity index (χ3v) is 3.91. The first-order valence-corrected chi connectivity index (χ1v) is 6.88. The number of pyridine rings is 1. The van der Waals surface area contributed by atoms with Crippen LogP contribution in [-0.2, 0) is 4.79 Å². The largest absolute Gasteiger partial charge is 0.361 e. The predicted octanol–water partition coefficient (Wildman–Crippen LogP) is 3.18. The van der Waals surface area contributed by atoms with Gasteiger partial charge in [0.25, 0.3) is 0 Å². The molecule has 1 aliphatic heterocycles. The van der Waals surface area contributed by atoms with Crippen LogP contribution < -0.4 is 4.90 Å². The number of Topliss-reactive ketones (excluding diaryl/α,β-unsaturated/α-hetero) is 1. The number of anilines is 1. The van der Waals surface area contributed by atoms with Crippen molar-refractivity contribution < 1.29 is 4.79 Å². The number of piperidine rings is 1. The van der Waals surface area contributed by atoms with Gasteiger partial charge in [-0.1, -0.05) is 18.2 Å². The van der Waals surface area contributed by atoms with Gasteiger partial charge in [-0.3, -0.25) is 9.78 Å². The highest BCUT2D eigenvalue weighted by atomic mass is 16.1. The Hall–Kier alpha value is -1.90. The number of hydrogen-bond donors (Lipinski definition) is 0. The van der Waals surface area contributed by atoms with Gasteiger partial charge in [-0.25, -0.2) is 0 Å². The zero-order valence-electron chi connectivity index (χ0n) is 11.2. The normalized spacial score (nSPS) is 19.6. The molecule has 0 amide bonds. The molecule has 3 rings (SSSR count). The van der Waals surface area contributed by atoms with Gasteiger partial charge in [0.2, 0.25) is 0 Å². The summed E-state index contributed by atoms with van der Waals surface area (Å²) < 4.78 is 0. The van der Waals surface area contributed by atoms with Crippen LogP contribution in [0.15, 0.2) is 36.5 Å². The fourth-order valence-corrected chi connectivity index (χ4v) is 2.97. The van der Waals surface area contributed by atoms with Gasteiger partial charge in [-0.2, -0.15) is 0 Å². The SMILES string of the molecule is CC(=O)C1CCCCN1c1ccnc2ccccc12. The van der Waals surface area contributed by atoms with Crippen LogP contribution in [0.5, 0.6) is 0 Å². The third kappa shape index (κ3) is 2.21. The minimum Gasteiger partial charge on any atom is -0.361 e. The van der Waals surface area contributed by atoms with E-state index in [1.54, 1.807) is 6.92 Å². The van der Waals surface area contributed by atoms with Crippen LogP contribution in [0.3, 0.4) is 0 Å². The molecule has 1 unspecified atom stereocenters. The molecule has 98 valence electrons. The summed E-state index contributed by atoms with van der Waals surface area (Å²) in [5.41, 5.74) is 2.14. The van der Waals surface area contributed by atoms with Crippen LogP contribution in [0.2, 0.25) is 0 Å². The molecule has 19 heavy (non-hydrogen) atoms. The standard InChI is InChI=1S/C16H18N2O/c1-12(19)15-8-4-5-11-18(15)16-9-10-17-14-7-3-2-6-13(14)16/h2-3,6-7,9-10,15H,4-5,8,11H2,1H3. The molecule has 0 aliphatic carbocycles. The van der Waals surface area contributed by atoms with Crippen LogP contribution in [0, 0.1) is 0 Å². The van der Waals surface area contributed by atoms with Crippen LogP contribution in [0.25, 0.3) is 10.9 Å². The third-order valence-electron chi connectivity index (χ3n) is 3.91. The number of para-hydroxylation sites is 1. The van der Waals surface area contributed by atoms with Crippen LogP contribution >= 0.6 is 0 Å². The zero-order chi connectivity index (χ0) is 13.2. The Morgan fingerprint density at radius 1 is 1.26 bits per heavy atom. The Kier molecular flexibility index (Phi) is 3.20. The maximum atomic E-state index is 11.9. The number of carbonyl (C=O) groups excluding carboxylic acids is 1. The lowest BCUT2D eigenvalue weighted by Crippen LogP contribution is -2.44. The first-order chi connectivity index (χ1) is 9.27. The number of carbonyl (C=O) groups is 1. The maximum absolute atomic E-state index is 11.9. The average Bonchev–Trinajstić information content (AvgIpc) is 2.46. The molecule has 3 heteroatoms. The minimum absolute atomic E-state index is 0.0274. The summed E-state index contributed by atoms with van der Waals surface area (Å²) in [5, 5.41) is 1.14. The molecular formula is C16H18N2O. The topological polar surface area (TPSA) is 33.2 Å². The second-order valence-electron chi connectivity index (χ2n) is 5.16. The first kappa shape index (κ1) is 12.2. The molecule has 0 saturated carbocycles. The highest BCUT2D eigenvalue weighted by molar-refractivity contribution is 5.94. The highest BCUT2D eigenvalue weighted by Crippen LogP contribution is 2.30. The molecule has 3 nitrogen and oxygen atoms in total. The van der Waals surface area contributed by atoms with E-state index in [0.29, 0.717) is 0 Å². The monoisotopic (exact) mass is 254 g/mol. The first-order valence-electron chi connectivity index (χ1n) is 6.88. The van der Waals surface area contributed by atoms with E-state index < -0.39 is 0 Å². The minimum atomic E-state index is 0.0274. The van der Waals surface area contributed by atoms with E-state index >= 15 is 0 Å². The summed E-state index contributed by atoms with van der Waals surface area (Å²) in [6.45, 7) is 2.66. The summed E-state index contributed by atoms with van der Waals surface area (Å²) in [4.78, 5) is 18.5. The van der Waals surface area contributed by atoms with Crippen molar-refractivity contribution in [2.75, 3.05) is 11.4 Å². The number of rotatable bonds is 2. The van der Waals surface area contributed by atoms with Crippen molar-refractivity contribution in [1.29, 1.82) is 0 Å². The van der Waals surface area contributed by atoms with Crippen LogP contribution in [-0.4, -0.2) is 23.4 Å². The molecular weight excluding hydrogens is 236 g/mol. The van der Waals surface area contributed by atoms with E-state index in [1.165, 1.54) is 0 Å². The van der Waals surface area contributed by atoms with Gasteiger partial charge < -0.3 is 4.90 Å². The van der Waals surface area contributed by atoms with E-state index in [-0.39, 0.29) is 11.8 Å². The van der Waals surface area contributed by atoms with Gasteiger partial charge >= 0.3 is 0 Å². The summed E-state index contributed by atoms with van der Waals surface area (Å²) in [6, 6.07) is 10.2. The Bertz CT molecular complexity index is 603. The van der Waals surface area contributed by atoms with Crippen molar-refractivity contribution in [3.63, 3.8) is 0 Å². The van der Waals surface area contributed by atoms with E-state index in [0.717, 1.165) is 42.4 Å². The van der Waals surface area contributed by atoms with Gasteiger partial charge in [-0.15, -0.1) is 0 Å². The maximum Gasteiger partial charge on any atom is 0.152 e. The lowest BCUT2D eigenvalue weighted by atomic mass is 9.97. The molecule has 1 aromatic carbocycles. The Morgan fingerprint density at radius 3 is 2.95 bits per heavy atom. The lowest BCUT2D eigenvalue weighted by Gasteiger charge is -2.36. The van der Waals surface area contributed by atoms with E-state index in [1.807, 2.05) is 30.5 Å². The van der Waals surface area contributed by atoms with E-state index in [4.69, 9.17) is 0 Å². The fraction of sp³-hybridized carbons (Fsp3) is 0.375. The van der Waals surface area contributed by atoms with E-state index in [9.17, 15) is 4.79 Å². The zero-order valence-corrected chi connectivity index (χ0v) is 11.2. The summed E-state index contributed by atoms with van der Waals surface area (Å²) in [5.74, 6) is 0.264. The smallest absolute Gasteiger partial charge is 0.152 e. The van der Waals surface area contributed by atoms with Crippen LogP contribution in [0.4, 0.5) is 5.69 Å². The number of nitrogens with zero attached hydrogens (tertiary/aromatic N) is 2. The molecule has 1 aliphatic rings. The molecule has 2 aromatic rings. The molecule has 0 N–H and O–H groups in total. The van der Waals surface area contributed by atoms with Gasteiger partial charge in [0.15, 0.2) is 5.78 Å². The van der Waals surface area contributed by atoms with Crippen molar-refractivity contribution in [3.05, 3.63) is 36.5 Å². The number of fused-ring (bicyclic) bond motifs is 1. The van der Waals surface area contributed by atoms with Crippen molar-refractivity contribution in [2.24, 2.45) is 0 Å². The van der Waals surface area contributed by atoms with Crippen molar-refractivity contribution in [3.8, 4) is 0 Å². The molecule has 1 atom stereocenters. The molecule has 0 radical (unpaired) electrons. The number of hydrogen-bond acceptors (Lipinski definition) is 3. The molecule has 2 heterocycles. The van der Waals surface area contributed by atoms with Gasteiger partial charge in [-0.05, 0) is 38.3 Å². The van der Waals surface area contributed by atoms with Crippen molar-refractivity contribution in [1.82, 2.24) is 4.98 Å². The Balaban J connectivity index is 2.09. The summed E-state index contributed by atoms with van der Waals surface area (Å²) in [7, 11) is 0. The molecule has 1 aromatic heterocycles. The van der Waals surface area contributed by atoms with Crippen LogP contribution in [0.1, 0.15) is 26.2 Å². The van der Waals surface area contributed by atoms with E-state index in [2.05, 4.69) is 16.0 Å². The lowest BCUT2D eigenvalue weighted by molar-refractivity contribution is -0.118. The number of benzene rings is 1. The number of ketones is 1. The second-order valence-corrected chi connectivity index (χ2v) is 5.16. The van der Waals surface area contributed by atoms with Crippen molar-refractivity contribution in [2.45, 2.75) is 32.2 Å². The summed E-state index contributed by atoms with van der Waals surface area (Å²) >= 11 is 0. The molecule has 1 fully saturated rings. The Morgan fingerprint density at radius 2 is 2.11 bits per heavy atom. The Labute approximate surface area is 113 Å². The molecule has 0 spiro atoms. The predicted molar refractivity (Wildman–Crippen MR) is 77.4 cm³/mol. The molecule has 0 bridgehead atoms. The van der Waals surface area contributed by atoms with Gasteiger partial charge in [0, 0.05) is 23.8 Å². The fourth-order valence-electron chi connectivity index (χ4n) is 2.97. The summed E-state index contributed by atoms with van der Waals surface area (Å²) in [6.07, 6.45) is 5.10. The molecule has 1 saturated heterocycles. The van der Waals surface area contributed by atoms with Gasteiger partial charge in [0.1, 0.15) is 0 Å². The van der Waals surface area contributed by atoms with Gasteiger partial charge in [0.05, 0.1) is 11.6 Å². The second kappa shape index (κ2) is 5.00. The quantitative estimate of drug-likeness (QED) is 0.825. The van der Waals surface area contributed by atoms with Crippen molar-refractivity contribution >= 4 is 22.4 Å². The number of aromatic nitrogens is 1. The highest BCUT2D eigenvalue weighted by Gasteiger charge is 2.27.